The summed E-state index contributed by atoms with van der Waals surface area (Å²) in [6, 6.07) is 10.8. The highest BCUT2D eigenvalue weighted by Gasteiger charge is 2.42. The lowest BCUT2D eigenvalue weighted by atomic mass is 9.79. The molecule has 0 bridgehead atoms. The monoisotopic (exact) mass is 352 g/mol. The van der Waals surface area contributed by atoms with Crippen LogP contribution in [0.1, 0.15) is 50.5 Å². The Bertz CT molecular complexity index is 653. The van der Waals surface area contributed by atoms with E-state index >= 15 is 0 Å². The fourth-order valence-electron chi connectivity index (χ4n) is 5.11. The van der Waals surface area contributed by atoms with E-state index in [1.807, 2.05) is 0 Å². The van der Waals surface area contributed by atoms with E-state index < -0.39 is 0 Å². The minimum Gasteiger partial charge on any atom is -0.338 e. The van der Waals surface area contributed by atoms with Crippen LogP contribution in [-0.4, -0.2) is 48.4 Å². The molecular formula is C23H32N2O. The van der Waals surface area contributed by atoms with Gasteiger partial charge in [0.25, 0.3) is 0 Å². The predicted octanol–water partition coefficient (Wildman–Crippen LogP) is 4.04. The molecule has 2 saturated heterocycles. The third kappa shape index (κ3) is 4.03. The molecule has 3 heteroatoms. The Morgan fingerprint density at radius 2 is 1.88 bits per heavy atom. The molecular weight excluding hydrogens is 320 g/mol. The average Bonchev–Trinajstić information content (AvgIpc) is 3.10. The van der Waals surface area contributed by atoms with Crippen molar-refractivity contribution in [3.05, 3.63) is 47.5 Å². The minimum absolute atomic E-state index is 0.336. The van der Waals surface area contributed by atoms with Crippen molar-refractivity contribution in [2.24, 2.45) is 5.41 Å². The number of carbonyl (C=O) groups is 1. The molecule has 1 amide bonds. The summed E-state index contributed by atoms with van der Waals surface area (Å²) in [6.07, 6.45) is 11.6. The molecule has 1 aromatic carbocycles. The standard InChI is InChI=1S/C23H32N2O/c26-22(21-10-5-2-6-11-21)25-17-14-23(19-25)13-7-15-24(18-23)16-12-20-8-3-1-4-9-20/h1,3-4,8-10H,2,5-7,11-19H2/t23-/m1/s1. The molecule has 2 aliphatic heterocycles. The number of piperidine rings is 1. The van der Waals surface area contributed by atoms with Crippen molar-refractivity contribution in [2.75, 3.05) is 32.7 Å². The summed E-state index contributed by atoms with van der Waals surface area (Å²) in [5.41, 5.74) is 2.87. The Balaban J connectivity index is 1.33. The molecule has 3 aliphatic rings. The molecule has 0 N–H and O–H groups in total. The van der Waals surface area contributed by atoms with E-state index in [9.17, 15) is 4.79 Å². The Morgan fingerprint density at radius 3 is 2.69 bits per heavy atom. The van der Waals surface area contributed by atoms with Gasteiger partial charge in [0.1, 0.15) is 0 Å². The number of nitrogens with zero attached hydrogens (tertiary/aromatic N) is 2. The van der Waals surface area contributed by atoms with Gasteiger partial charge < -0.3 is 9.80 Å². The highest BCUT2D eigenvalue weighted by atomic mass is 16.2. The van der Waals surface area contributed by atoms with E-state index in [2.05, 4.69) is 46.2 Å². The zero-order valence-corrected chi connectivity index (χ0v) is 16.0. The van der Waals surface area contributed by atoms with Crippen molar-refractivity contribution in [3.8, 4) is 0 Å². The first-order valence-corrected chi connectivity index (χ1v) is 10.5. The third-order valence-corrected chi connectivity index (χ3v) is 6.59. The van der Waals surface area contributed by atoms with Crippen LogP contribution in [0.2, 0.25) is 0 Å². The van der Waals surface area contributed by atoms with Crippen LogP contribution < -0.4 is 0 Å². The lowest BCUT2D eigenvalue weighted by molar-refractivity contribution is -0.127. The summed E-state index contributed by atoms with van der Waals surface area (Å²) in [4.78, 5) is 17.7. The summed E-state index contributed by atoms with van der Waals surface area (Å²) >= 11 is 0. The van der Waals surface area contributed by atoms with Crippen LogP contribution in [0.3, 0.4) is 0 Å². The Kier molecular flexibility index (Phi) is 5.44. The molecule has 140 valence electrons. The van der Waals surface area contributed by atoms with Gasteiger partial charge in [-0.25, -0.2) is 0 Å². The summed E-state index contributed by atoms with van der Waals surface area (Å²) in [6.45, 7) is 5.47. The molecule has 3 nitrogen and oxygen atoms in total. The molecule has 2 heterocycles. The molecule has 2 fully saturated rings. The highest BCUT2D eigenvalue weighted by molar-refractivity contribution is 5.93. The molecule has 26 heavy (non-hydrogen) atoms. The van der Waals surface area contributed by atoms with Gasteiger partial charge in [0.05, 0.1) is 0 Å². The van der Waals surface area contributed by atoms with Crippen molar-refractivity contribution in [2.45, 2.75) is 51.4 Å². The Morgan fingerprint density at radius 1 is 1.00 bits per heavy atom. The van der Waals surface area contributed by atoms with Crippen LogP contribution in [0.4, 0.5) is 0 Å². The summed E-state index contributed by atoms with van der Waals surface area (Å²) < 4.78 is 0. The largest absolute Gasteiger partial charge is 0.338 e. The van der Waals surface area contributed by atoms with Crippen molar-refractivity contribution in [1.29, 1.82) is 0 Å². The smallest absolute Gasteiger partial charge is 0.249 e. The average molecular weight is 353 g/mol. The van der Waals surface area contributed by atoms with Crippen LogP contribution in [0.25, 0.3) is 0 Å². The number of amides is 1. The van der Waals surface area contributed by atoms with Gasteiger partial charge in [0, 0.05) is 37.2 Å². The summed E-state index contributed by atoms with van der Waals surface area (Å²) in [5, 5.41) is 0. The lowest BCUT2D eigenvalue weighted by Crippen LogP contribution is -2.46. The van der Waals surface area contributed by atoms with Gasteiger partial charge >= 0.3 is 0 Å². The first kappa shape index (κ1) is 17.8. The van der Waals surface area contributed by atoms with Crippen molar-refractivity contribution < 1.29 is 4.79 Å². The number of carbonyl (C=O) groups excluding carboxylic acids is 1. The summed E-state index contributed by atoms with van der Waals surface area (Å²) in [7, 11) is 0. The highest BCUT2D eigenvalue weighted by Crippen LogP contribution is 2.39. The second-order valence-electron chi connectivity index (χ2n) is 8.57. The first-order valence-electron chi connectivity index (χ1n) is 10.5. The van der Waals surface area contributed by atoms with Crippen molar-refractivity contribution >= 4 is 5.91 Å². The van der Waals surface area contributed by atoms with Gasteiger partial charge in [-0.1, -0.05) is 36.4 Å². The molecule has 0 unspecified atom stereocenters. The summed E-state index contributed by atoms with van der Waals surface area (Å²) in [5.74, 6) is 0.336. The van der Waals surface area contributed by atoms with E-state index in [0.29, 0.717) is 11.3 Å². The molecule has 4 rings (SSSR count). The SMILES string of the molecule is O=C(C1=CCCCC1)N1CC[C@@]2(CCCN(CCc3ccccc3)C2)C1. The molecule has 1 aromatic rings. The van der Waals surface area contributed by atoms with Crippen LogP contribution in [-0.2, 0) is 11.2 Å². The van der Waals surface area contributed by atoms with E-state index in [1.165, 1.54) is 50.8 Å². The van der Waals surface area contributed by atoms with Crippen LogP contribution in [0, 0.1) is 5.41 Å². The molecule has 1 aliphatic carbocycles. The number of allylic oxidation sites excluding steroid dienone is 1. The van der Waals surface area contributed by atoms with E-state index in [0.717, 1.165) is 44.5 Å². The maximum atomic E-state index is 12.9. The van der Waals surface area contributed by atoms with Crippen LogP contribution in [0.15, 0.2) is 42.0 Å². The van der Waals surface area contributed by atoms with Crippen LogP contribution >= 0.6 is 0 Å². The van der Waals surface area contributed by atoms with Gasteiger partial charge in [-0.2, -0.15) is 0 Å². The molecule has 0 saturated carbocycles. The number of rotatable bonds is 4. The second kappa shape index (κ2) is 7.96. The number of hydrogen-bond acceptors (Lipinski definition) is 2. The molecule has 1 atom stereocenters. The van der Waals surface area contributed by atoms with Crippen LogP contribution in [0.5, 0.6) is 0 Å². The topological polar surface area (TPSA) is 23.6 Å². The zero-order chi connectivity index (χ0) is 17.8. The minimum atomic E-state index is 0.336. The first-order chi connectivity index (χ1) is 12.7. The number of likely N-dealkylation sites (tertiary alicyclic amines) is 2. The lowest BCUT2D eigenvalue weighted by Gasteiger charge is -2.40. The predicted molar refractivity (Wildman–Crippen MR) is 106 cm³/mol. The van der Waals surface area contributed by atoms with E-state index in [1.54, 1.807) is 0 Å². The normalized spacial score (nSPS) is 26.9. The zero-order valence-electron chi connectivity index (χ0n) is 16.0. The maximum Gasteiger partial charge on any atom is 0.249 e. The number of hydrogen-bond donors (Lipinski definition) is 0. The molecule has 1 spiro atoms. The van der Waals surface area contributed by atoms with Gasteiger partial charge in [-0.15, -0.1) is 0 Å². The maximum absolute atomic E-state index is 12.9. The second-order valence-corrected chi connectivity index (χ2v) is 8.57. The van der Waals surface area contributed by atoms with Crippen molar-refractivity contribution in [3.63, 3.8) is 0 Å². The van der Waals surface area contributed by atoms with Gasteiger partial charge in [0.2, 0.25) is 5.91 Å². The molecule has 0 radical (unpaired) electrons. The Labute approximate surface area is 158 Å². The van der Waals surface area contributed by atoms with Gasteiger partial charge in [-0.05, 0) is 63.5 Å². The fraction of sp³-hybridized carbons (Fsp3) is 0.609. The van der Waals surface area contributed by atoms with Gasteiger partial charge in [-0.3, -0.25) is 4.79 Å². The van der Waals surface area contributed by atoms with Crippen molar-refractivity contribution in [1.82, 2.24) is 9.80 Å². The third-order valence-electron chi connectivity index (χ3n) is 6.59. The number of benzene rings is 1. The van der Waals surface area contributed by atoms with E-state index in [4.69, 9.17) is 0 Å². The van der Waals surface area contributed by atoms with E-state index in [-0.39, 0.29) is 0 Å². The molecule has 0 aromatic heterocycles. The Hall–Kier alpha value is -1.61. The fourth-order valence-corrected chi connectivity index (χ4v) is 5.11. The van der Waals surface area contributed by atoms with Gasteiger partial charge in [0.15, 0.2) is 0 Å². The quantitative estimate of drug-likeness (QED) is 0.816.